The Morgan fingerprint density at radius 3 is 2.62 bits per heavy atom. The van der Waals surface area contributed by atoms with Crippen LogP contribution in [0.25, 0.3) is 0 Å². The molecule has 1 heterocycles. The Balaban J connectivity index is 2.31. The number of hydrogen-bond donors (Lipinski definition) is 2. The minimum atomic E-state index is -1.08. The van der Waals surface area contributed by atoms with Gasteiger partial charge in [-0.05, 0) is 24.1 Å². The number of piperazine rings is 1. The van der Waals surface area contributed by atoms with Crippen LogP contribution in [-0.2, 0) is 4.79 Å². The maximum atomic E-state index is 12.6. The predicted molar refractivity (Wildman–Crippen MR) is 76.1 cm³/mol. The lowest BCUT2D eigenvalue weighted by Crippen LogP contribution is -2.59. The van der Waals surface area contributed by atoms with Gasteiger partial charge in [-0.2, -0.15) is 0 Å². The third-order valence-corrected chi connectivity index (χ3v) is 3.51. The van der Waals surface area contributed by atoms with Crippen LogP contribution in [0.5, 0.6) is 0 Å². The molecule has 1 fully saturated rings. The smallest absolute Gasteiger partial charge is 0.335 e. The molecular weight excluding hydrogens is 272 g/mol. The van der Waals surface area contributed by atoms with E-state index in [1.54, 1.807) is 6.07 Å². The molecule has 21 heavy (non-hydrogen) atoms. The molecule has 1 atom stereocenters. The number of carboxylic acid groups (broad SMARTS) is 1. The van der Waals surface area contributed by atoms with Gasteiger partial charge in [-0.25, -0.2) is 4.79 Å². The molecule has 6 heteroatoms. The van der Waals surface area contributed by atoms with Crippen molar-refractivity contribution < 1.29 is 19.5 Å². The lowest BCUT2D eigenvalue weighted by atomic mass is 9.98. The maximum Gasteiger partial charge on any atom is 0.335 e. The van der Waals surface area contributed by atoms with Crippen molar-refractivity contribution in [2.24, 2.45) is 5.92 Å². The van der Waals surface area contributed by atoms with Gasteiger partial charge in [0.15, 0.2) is 0 Å². The first-order valence-corrected chi connectivity index (χ1v) is 6.84. The Morgan fingerprint density at radius 2 is 2.00 bits per heavy atom. The fourth-order valence-electron chi connectivity index (χ4n) is 2.53. The van der Waals surface area contributed by atoms with Gasteiger partial charge in [0.05, 0.1) is 5.56 Å². The van der Waals surface area contributed by atoms with Gasteiger partial charge in [0.25, 0.3) is 5.91 Å². The van der Waals surface area contributed by atoms with E-state index in [1.165, 1.54) is 23.1 Å². The lowest BCUT2D eigenvalue weighted by molar-refractivity contribution is -0.129. The Morgan fingerprint density at radius 1 is 1.33 bits per heavy atom. The summed E-state index contributed by atoms with van der Waals surface area (Å²) in [5, 5.41) is 11.7. The van der Waals surface area contributed by atoms with E-state index in [2.05, 4.69) is 5.32 Å². The van der Waals surface area contributed by atoms with Crippen molar-refractivity contribution in [1.29, 1.82) is 0 Å². The van der Waals surface area contributed by atoms with Crippen LogP contribution < -0.4 is 5.32 Å². The second kappa shape index (κ2) is 5.95. The van der Waals surface area contributed by atoms with Crippen molar-refractivity contribution in [3.8, 4) is 0 Å². The van der Waals surface area contributed by atoms with Crippen LogP contribution >= 0.6 is 0 Å². The number of nitrogens with one attached hydrogen (secondary N) is 1. The maximum absolute atomic E-state index is 12.6. The summed E-state index contributed by atoms with van der Waals surface area (Å²) in [7, 11) is 0. The zero-order chi connectivity index (χ0) is 15.6. The van der Waals surface area contributed by atoms with Crippen LogP contribution in [0.1, 0.15) is 34.6 Å². The molecule has 1 aliphatic rings. The standard InChI is InChI=1S/C15H18N2O4/c1-9(2)12-13(18)16-6-7-17(12)14(19)10-4-3-5-11(8-10)15(20)21/h3-5,8-9,12H,6-7H2,1-2H3,(H,16,18)(H,20,21). The molecule has 0 saturated carbocycles. The Bertz CT molecular complexity index is 583. The fourth-order valence-corrected chi connectivity index (χ4v) is 2.53. The van der Waals surface area contributed by atoms with Crippen LogP contribution in [0.15, 0.2) is 24.3 Å². The molecule has 0 aliphatic carbocycles. The number of hydrogen-bond acceptors (Lipinski definition) is 3. The summed E-state index contributed by atoms with van der Waals surface area (Å²) in [6.45, 7) is 4.59. The number of carbonyl (C=O) groups excluding carboxylic acids is 2. The highest BCUT2D eigenvalue weighted by atomic mass is 16.4. The van der Waals surface area contributed by atoms with E-state index in [-0.39, 0.29) is 28.9 Å². The van der Waals surface area contributed by atoms with E-state index < -0.39 is 12.0 Å². The molecule has 0 bridgehead atoms. The number of carboxylic acids is 1. The zero-order valence-corrected chi connectivity index (χ0v) is 12.0. The third kappa shape index (κ3) is 3.04. The molecule has 1 unspecified atom stereocenters. The van der Waals surface area contributed by atoms with E-state index in [0.29, 0.717) is 13.1 Å². The average molecular weight is 290 g/mol. The Kier molecular flexibility index (Phi) is 4.26. The SMILES string of the molecule is CC(C)C1C(=O)NCCN1C(=O)c1cccc(C(=O)O)c1. The molecule has 1 aromatic carbocycles. The highest BCUT2D eigenvalue weighted by molar-refractivity contribution is 6.00. The molecule has 112 valence electrons. The van der Waals surface area contributed by atoms with E-state index in [1.807, 2.05) is 13.8 Å². The fraction of sp³-hybridized carbons (Fsp3) is 0.400. The lowest BCUT2D eigenvalue weighted by Gasteiger charge is -2.37. The molecule has 0 spiro atoms. The summed E-state index contributed by atoms with van der Waals surface area (Å²) in [4.78, 5) is 37.1. The normalized spacial score (nSPS) is 18.5. The van der Waals surface area contributed by atoms with Gasteiger partial charge >= 0.3 is 5.97 Å². The van der Waals surface area contributed by atoms with Crippen LogP contribution in [0.2, 0.25) is 0 Å². The van der Waals surface area contributed by atoms with Gasteiger partial charge in [0.2, 0.25) is 5.91 Å². The molecular formula is C15H18N2O4. The first kappa shape index (κ1) is 15.0. The van der Waals surface area contributed by atoms with Gasteiger partial charge in [-0.15, -0.1) is 0 Å². The number of aromatic carboxylic acids is 1. The summed E-state index contributed by atoms with van der Waals surface area (Å²) >= 11 is 0. The molecule has 2 rings (SSSR count). The quantitative estimate of drug-likeness (QED) is 0.869. The summed E-state index contributed by atoms with van der Waals surface area (Å²) in [5.41, 5.74) is 0.346. The van der Waals surface area contributed by atoms with Crippen LogP contribution in [0.3, 0.4) is 0 Å². The summed E-state index contributed by atoms with van der Waals surface area (Å²) in [5.74, 6) is -1.58. The molecule has 0 aromatic heterocycles. The van der Waals surface area contributed by atoms with Crippen molar-refractivity contribution in [3.05, 3.63) is 35.4 Å². The van der Waals surface area contributed by atoms with Crippen molar-refractivity contribution in [3.63, 3.8) is 0 Å². The Labute approximate surface area is 122 Å². The Hall–Kier alpha value is -2.37. The average Bonchev–Trinajstić information content (AvgIpc) is 2.45. The number of rotatable bonds is 3. The highest BCUT2D eigenvalue weighted by Gasteiger charge is 2.35. The number of carbonyl (C=O) groups is 3. The van der Waals surface area contributed by atoms with Crippen molar-refractivity contribution in [2.45, 2.75) is 19.9 Å². The number of benzene rings is 1. The number of nitrogens with zero attached hydrogens (tertiary/aromatic N) is 1. The summed E-state index contributed by atoms with van der Waals surface area (Å²) < 4.78 is 0. The van der Waals surface area contributed by atoms with Gasteiger partial charge in [0.1, 0.15) is 6.04 Å². The van der Waals surface area contributed by atoms with Crippen molar-refractivity contribution in [2.75, 3.05) is 13.1 Å². The van der Waals surface area contributed by atoms with Crippen molar-refractivity contribution in [1.82, 2.24) is 10.2 Å². The molecule has 0 radical (unpaired) electrons. The van der Waals surface area contributed by atoms with Crippen LogP contribution in [0, 0.1) is 5.92 Å². The molecule has 2 amide bonds. The first-order chi connectivity index (χ1) is 9.91. The van der Waals surface area contributed by atoms with Crippen molar-refractivity contribution >= 4 is 17.8 Å². The monoisotopic (exact) mass is 290 g/mol. The van der Waals surface area contributed by atoms with Gasteiger partial charge in [-0.3, -0.25) is 9.59 Å². The van der Waals surface area contributed by atoms with E-state index in [4.69, 9.17) is 5.11 Å². The van der Waals surface area contributed by atoms with Crippen LogP contribution in [0.4, 0.5) is 0 Å². The van der Waals surface area contributed by atoms with E-state index >= 15 is 0 Å². The molecule has 6 nitrogen and oxygen atoms in total. The van der Waals surface area contributed by atoms with E-state index in [0.717, 1.165) is 0 Å². The molecule has 1 aliphatic heterocycles. The van der Waals surface area contributed by atoms with Gasteiger partial charge in [-0.1, -0.05) is 19.9 Å². The van der Waals surface area contributed by atoms with E-state index in [9.17, 15) is 14.4 Å². The molecule has 2 N–H and O–H groups in total. The first-order valence-electron chi connectivity index (χ1n) is 6.84. The molecule has 1 saturated heterocycles. The topological polar surface area (TPSA) is 86.7 Å². The second-order valence-corrected chi connectivity index (χ2v) is 5.36. The largest absolute Gasteiger partial charge is 0.478 e. The highest BCUT2D eigenvalue weighted by Crippen LogP contribution is 2.18. The number of amides is 2. The molecule has 1 aromatic rings. The van der Waals surface area contributed by atoms with Gasteiger partial charge in [0, 0.05) is 18.7 Å². The predicted octanol–water partition coefficient (Wildman–Crippen LogP) is 0.981. The van der Waals surface area contributed by atoms with Gasteiger partial charge < -0.3 is 15.3 Å². The second-order valence-electron chi connectivity index (χ2n) is 5.36. The summed E-state index contributed by atoms with van der Waals surface area (Å²) in [6.07, 6.45) is 0. The minimum Gasteiger partial charge on any atom is -0.478 e. The zero-order valence-electron chi connectivity index (χ0n) is 12.0. The third-order valence-electron chi connectivity index (χ3n) is 3.51. The summed E-state index contributed by atoms with van der Waals surface area (Å²) in [6, 6.07) is 5.35. The van der Waals surface area contributed by atoms with Crippen LogP contribution in [-0.4, -0.2) is 46.9 Å². The minimum absolute atomic E-state index is 0.0168.